The van der Waals surface area contributed by atoms with Gasteiger partial charge in [-0.2, -0.15) is 0 Å². The van der Waals surface area contributed by atoms with Crippen molar-refractivity contribution in [3.63, 3.8) is 0 Å². The number of benzene rings is 1. The van der Waals surface area contributed by atoms with Crippen LogP contribution in [0.25, 0.3) is 0 Å². The molecule has 0 aliphatic heterocycles. The Bertz CT molecular complexity index is 361. The molecule has 0 saturated heterocycles. The van der Waals surface area contributed by atoms with E-state index in [2.05, 4.69) is 0 Å². The number of rotatable bonds is 5. The lowest BCUT2D eigenvalue weighted by molar-refractivity contribution is 0.0525. The molecule has 0 aromatic heterocycles. The summed E-state index contributed by atoms with van der Waals surface area (Å²) >= 11 is 5.64. The molecule has 0 bridgehead atoms. The van der Waals surface area contributed by atoms with E-state index in [0.717, 1.165) is 18.4 Å². The molecule has 0 heterocycles. The fourth-order valence-corrected chi connectivity index (χ4v) is 1.72. The van der Waals surface area contributed by atoms with Crippen molar-refractivity contribution in [1.29, 1.82) is 0 Å². The molecule has 0 saturated carbocycles. The van der Waals surface area contributed by atoms with Crippen molar-refractivity contribution >= 4 is 17.6 Å². The first kappa shape index (κ1) is 13.0. The van der Waals surface area contributed by atoms with Crippen LogP contribution in [0.3, 0.4) is 0 Å². The SMILES string of the molecule is CCOC(=O)c1ccc(CCCCl)cc1C. The van der Waals surface area contributed by atoms with Gasteiger partial charge in [-0.05, 0) is 43.9 Å². The van der Waals surface area contributed by atoms with Gasteiger partial charge in [0.05, 0.1) is 12.2 Å². The van der Waals surface area contributed by atoms with Gasteiger partial charge in [-0.3, -0.25) is 0 Å². The van der Waals surface area contributed by atoms with E-state index in [1.54, 1.807) is 0 Å². The maximum absolute atomic E-state index is 11.5. The van der Waals surface area contributed by atoms with Gasteiger partial charge < -0.3 is 4.74 Å². The van der Waals surface area contributed by atoms with Crippen LogP contribution in [0.4, 0.5) is 0 Å². The van der Waals surface area contributed by atoms with Crippen molar-refractivity contribution in [2.45, 2.75) is 26.7 Å². The highest BCUT2D eigenvalue weighted by Gasteiger charge is 2.09. The molecule has 88 valence electrons. The van der Waals surface area contributed by atoms with Crippen LogP contribution < -0.4 is 0 Å². The molecule has 0 spiro atoms. The highest BCUT2D eigenvalue weighted by Crippen LogP contribution is 2.14. The molecule has 0 unspecified atom stereocenters. The monoisotopic (exact) mass is 240 g/mol. The molecule has 1 aromatic carbocycles. The summed E-state index contributed by atoms with van der Waals surface area (Å²) in [5, 5.41) is 0. The number of alkyl halides is 1. The first-order valence-electron chi connectivity index (χ1n) is 5.51. The van der Waals surface area contributed by atoms with Crippen LogP contribution in [-0.2, 0) is 11.2 Å². The minimum atomic E-state index is -0.246. The van der Waals surface area contributed by atoms with E-state index >= 15 is 0 Å². The molecule has 0 aliphatic rings. The Morgan fingerprint density at radius 1 is 1.44 bits per heavy atom. The van der Waals surface area contributed by atoms with Crippen LogP contribution in [0.15, 0.2) is 18.2 Å². The summed E-state index contributed by atoms with van der Waals surface area (Å²) in [5.41, 5.74) is 2.83. The van der Waals surface area contributed by atoms with Crippen molar-refractivity contribution in [2.75, 3.05) is 12.5 Å². The van der Waals surface area contributed by atoms with E-state index < -0.39 is 0 Å². The third-order valence-corrected chi connectivity index (χ3v) is 2.65. The number of halogens is 1. The number of carbonyl (C=O) groups is 1. The van der Waals surface area contributed by atoms with Gasteiger partial charge >= 0.3 is 5.97 Å². The molecule has 0 amide bonds. The van der Waals surface area contributed by atoms with Gasteiger partial charge in [-0.15, -0.1) is 11.6 Å². The molecule has 0 atom stereocenters. The summed E-state index contributed by atoms with van der Waals surface area (Å²) in [5.74, 6) is 0.419. The molecule has 1 aromatic rings. The predicted octanol–water partition coefficient (Wildman–Crippen LogP) is 3.34. The Kier molecular flexibility index (Phi) is 5.33. The van der Waals surface area contributed by atoms with Crippen molar-refractivity contribution in [1.82, 2.24) is 0 Å². The lowest BCUT2D eigenvalue weighted by Gasteiger charge is -2.07. The first-order valence-corrected chi connectivity index (χ1v) is 6.05. The molecule has 16 heavy (non-hydrogen) atoms. The summed E-state index contributed by atoms with van der Waals surface area (Å²) in [6.07, 6.45) is 1.91. The summed E-state index contributed by atoms with van der Waals surface area (Å²) in [6, 6.07) is 5.82. The fourth-order valence-electron chi connectivity index (χ4n) is 1.59. The zero-order valence-electron chi connectivity index (χ0n) is 9.75. The number of carbonyl (C=O) groups excluding carboxylic acids is 1. The van der Waals surface area contributed by atoms with Crippen molar-refractivity contribution < 1.29 is 9.53 Å². The Morgan fingerprint density at radius 3 is 2.75 bits per heavy atom. The molecular formula is C13H17ClO2. The lowest BCUT2D eigenvalue weighted by Crippen LogP contribution is -2.07. The molecule has 1 rings (SSSR count). The summed E-state index contributed by atoms with van der Waals surface area (Å²) < 4.78 is 4.97. The molecule has 3 heteroatoms. The van der Waals surface area contributed by atoms with Crippen LogP contribution in [0.1, 0.15) is 34.8 Å². The average molecular weight is 241 g/mol. The van der Waals surface area contributed by atoms with Crippen molar-refractivity contribution in [3.8, 4) is 0 Å². The Hall–Kier alpha value is -1.02. The Morgan fingerprint density at radius 2 is 2.19 bits per heavy atom. The third-order valence-electron chi connectivity index (χ3n) is 2.39. The van der Waals surface area contributed by atoms with Crippen molar-refractivity contribution in [3.05, 3.63) is 34.9 Å². The van der Waals surface area contributed by atoms with Gasteiger partial charge in [0.2, 0.25) is 0 Å². The summed E-state index contributed by atoms with van der Waals surface area (Å²) in [6.45, 7) is 4.14. The minimum absolute atomic E-state index is 0.246. The average Bonchev–Trinajstić information content (AvgIpc) is 2.26. The maximum Gasteiger partial charge on any atom is 0.338 e. The highest BCUT2D eigenvalue weighted by atomic mass is 35.5. The topological polar surface area (TPSA) is 26.3 Å². The molecule has 0 aliphatic carbocycles. The summed E-state index contributed by atoms with van der Waals surface area (Å²) in [4.78, 5) is 11.5. The van der Waals surface area contributed by atoms with E-state index in [1.807, 2.05) is 32.0 Å². The van der Waals surface area contributed by atoms with Gasteiger partial charge in [0.1, 0.15) is 0 Å². The first-order chi connectivity index (χ1) is 7.69. The predicted molar refractivity (Wildman–Crippen MR) is 66.2 cm³/mol. The second-order valence-electron chi connectivity index (χ2n) is 3.66. The minimum Gasteiger partial charge on any atom is -0.462 e. The molecule has 0 radical (unpaired) electrons. The number of hydrogen-bond acceptors (Lipinski definition) is 2. The standard InChI is InChI=1S/C13H17ClO2/c1-3-16-13(15)12-7-6-11(5-4-8-14)9-10(12)2/h6-7,9H,3-5,8H2,1-2H3. The second kappa shape index (κ2) is 6.54. The van der Waals surface area contributed by atoms with Gasteiger partial charge in [0.25, 0.3) is 0 Å². The van der Waals surface area contributed by atoms with E-state index in [4.69, 9.17) is 16.3 Å². The summed E-state index contributed by atoms with van der Waals surface area (Å²) in [7, 11) is 0. The van der Waals surface area contributed by atoms with Crippen LogP contribution in [0.2, 0.25) is 0 Å². The quantitative estimate of drug-likeness (QED) is 0.583. The maximum atomic E-state index is 11.5. The molecule has 0 fully saturated rings. The third kappa shape index (κ3) is 3.53. The number of esters is 1. The second-order valence-corrected chi connectivity index (χ2v) is 4.04. The van der Waals surface area contributed by atoms with Crippen LogP contribution >= 0.6 is 11.6 Å². The highest BCUT2D eigenvalue weighted by molar-refractivity contribution is 6.17. The van der Waals surface area contributed by atoms with E-state index in [1.165, 1.54) is 5.56 Å². The Balaban J connectivity index is 2.78. The van der Waals surface area contributed by atoms with Crippen LogP contribution in [-0.4, -0.2) is 18.5 Å². The van der Waals surface area contributed by atoms with E-state index in [0.29, 0.717) is 18.1 Å². The van der Waals surface area contributed by atoms with Gasteiger partial charge in [-0.25, -0.2) is 4.79 Å². The van der Waals surface area contributed by atoms with Crippen LogP contribution in [0.5, 0.6) is 0 Å². The molecule has 2 nitrogen and oxygen atoms in total. The van der Waals surface area contributed by atoms with Gasteiger partial charge in [0.15, 0.2) is 0 Å². The van der Waals surface area contributed by atoms with Gasteiger partial charge in [0, 0.05) is 5.88 Å². The lowest BCUT2D eigenvalue weighted by atomic mass is 10.0. The van der Waals surface area contributed by atoms with E-state index in [9.17, 15) is 4.79 Å². The van der Waals surface area contributed by atoms with E-state index in [-0.39, 0.29) is 5.97 Å². The smallest absolute Gasteiger partial charge is 0.338 e. The normalized spacial score (nSPS) is 10.2. The zero-order valence-corrected chi connectivity index (χ0v) is 10.5. The Labute approximate surface area is 102 Å². The molecule has 0 N–H and O–H groups in total. The fraction of sp³-hybridized carbons (Fsp3) is 0.462. The number of aryl methyl sites for hydroxylation is 2. The van der Waals surface area contributed by atoms with Crippen LogP contribution in [0, 0.1) is 6.92 Å². The number of ether oxygens (including phenoxy) is 1. The van der Waals surface area contributed by atoms with Crippen molar-refractivity contribution in [2.24, 2.45) is 0 Å². The molecular weight excluding hydrogens is 224 g/mol. The largest absolute Gasteiger partial charge is 0.462 e. The zero-order chi connectivity index (χ0) is 12.0. The van der Waals surface area contributed by atoms with Gasteiger partial charge in [-0.1, -0.05) is 12.1 Å². The number of hydrogen-bond donors (Lipinski definition) is 0.